The van der Waals surface area contributed by atoms with E-state index in [-0.39, 0.29) is 16.7 Å². The molecule has 1 amide bonds. The predicted octanol–water partition coefficient (Wildman–Crippen LogP) is 5.48. The molecule has 0 N–H and O–H groups in total. The van der Waals surface area contributed by atoms with Crippen molar-refractivity contribution in [1.29, 1.82) is 0 Å². The van der Waals surface area contributed by atoms with Crippen LogP contribution in [0.15, 0.2) is 45.8 Å². The van der Waals surface area contributed by atoms with E-state index in [1.807, 2.05) is 37.3 Å². The van der Waals surface area contributed by atoms with Crippen molar-refractivity contribution >= 4 is 43.2 Å². The lowest BCUT2D eigenvalue weighted by Crippen LogP contribution is -2.33. The summed E-state index contributed by atoms with van der Waals surface area (Å²) in [5.74, 6) is 0.607. The number of fused-ring (bicyclic) bond motifs is 1. The molecule has 0 spiro atoms. The van der Waals surface area contributed by atoms with Gasteiger partial charge in [-0.15, -0.1) is 0 Å². The number of amides is 1. The highest BCUT2D eigenvalue weighted by atomic mass is 79.9. The third-order valence-electron chi connectivity index (χ3n) is 6.06. The Kier molecular flexibility index (Phi) is 6.19. The van der Waals surface area contributed by atoms with Gasteiger partial charge in [0.25, 0.3) is 10.0 Å². The molecule has 1 saturated carbocycles. The van der Waals surface area contributed by atoms with Crippen LogP contribution in [0, 0.1) is 5.92 Å². The molecule has 1 heterocycles. The first-order valence-corrected chi connectivity index (χ1v) is 13.2. The molecule has 166 valence electrons. The average Bonchev–Trinajstić information content (AvgIpc) is 3.51. The van der Waals surface area contributed by atoms with E-state index in [0.717, 1.165) is 30.5 Å². The number of nitrogens with zero attached hydrogens (tertiary/aromatic N) is 2. The molecule has 0 saturated heterocycles. The fourth-order valence-electron chi connectivity index (χ4n) is 4.10. The van der Waals surface area contributed by atoms with Crippen molar-refractivity contribution in [3.8, 4) is 0 Å². The molecular formula is C24H29BrN2O3S. The number of carbonyl (C=O) groups excluding carboxylic acids is 1. The first kappa shape index (κ1) is 22.3. The number of rotatable bonds is 7. The number of hydrogen-bond donors (Lipinski definition) is 0. The number of benzene rings is 2. The van der Waals surface area contributed by atoms with E-state index in [4.69, 9.17) is 0 Å². The van der Waals surface area contributed by atoms with Gasteiger partial charge in [0.2, 0.25) is 5.91 Å². The second-order valence-corrected chi connectivity index (χ2v) is 11.4. The van der Waals surface area contributed by atoms with Gasteiger partial charge in [-0.1, -0.05) is 32.9 Å². The minimum Gasteiger partial charge on any atom is -0.312 e. The maximum atomic E-state index is 13.8. The third-order valence-corrected chi connectivity index (χ3v) is 8.85. The van der Waals surface area contributed by atoms with Crippen LogP contribution in [0.4, 0.5) is 11.4 Å². The molecule has 0 radical (unpaired) electrons. The fraction of sp³-hybridized carbons (Fsp3) is 0.458. The van der Waals surface area contributed by atoms with Crippen molar-refractivity contribution in [2.75, 3.05) is 22.3 Å². The molecule has 0 atom stereocenters. The number of anilines is 2. The normalized spacial score (nSPS) is 16.0. The van der Waals surface area contributed by atoms with Gasteiger partial charge < -0.3 is 4.90 Å². The number of carbonyl (C=O) groups is 1. The van der Waals surface area contributed by atoms with Crippen molar-refractivity contribution in [3.63, 3.8) is 0 Å². The topological polar surface area (TPSA) is 57.7 Å². The van der Waals surface area contributed by atoms with Crippen LogP contribution in [-0.4, -0.2) is 27.4 Å². The fourth-order valence-corrected chi connectivity index (χ4v) is 6.73. The van der Waals surface area contributed by atoms with E-state index in [0.29, 0.717) is 35.6 Å². The van der Waals surface area contributed by atoms with Gasteiger partial charge >= 0.3 is 0 Å². The maximum absolute atomic E-state index is 13.8. The monoisotopic (exact) mass is 504 g/mol. The van der Waals surface area contributed by atoms with Crippen molar-refractivity contribution in [2.24, 2.45) is 5.92 Å². The largest absolute Gasteiger partial charge is 0.312 e. The summed E-state index contributed by atoms with van der Waals surface area (Å²) in [5.41, 5.74) is 3.59. The summed E-state index contributed by atoms with van der Waals surface area (Å²) in [7, 11) is -3.81. The number of halogens is 1. The van der Waals surface area contributed by atoms with Gasteiger partial charge in [-0.05, 0) is 82.9 Å². The van der Waals surface area contributed by atoms with E-state index >= 15 is 0 Å². The maximum Gasteiger partial charge on any atom is 0.265 e. The molecule has 0 aromatic heterocycles. The summed E-state index contributed by atoms with van der Waals surface area (Å²) in [5, 5.41) is 0. The highest BCUT2D eigenvalue weighted by Gasteiger charge is 2.38. The van der Waals surface area contributed by atoms with Crippen LogP contribution in [0.3, 0.4) is 0 Å². The van der Waals surface area contributed by atoms with Crippen LogP contribution in [0.2, 0.25) is 0 Å². The molecule has 0 unspecified atom stereocenters. The first-order valence-electron chi connectivity index (χ1n) is 11.0. The lowest BCUT2D eigenvalue weighted by atomic mass is 10.0. The summed E-state index contributed by atoms with van der Waals surface area (Å²) in [6.45, 7) is 7.21. The molecule has 1 fully saturated rings. The molecule has 5 nitrogen and oxygen atoms in total. The lowest BCUT2D eigenvalue weighted by Gasteiger charge is -2.26. The van der Waals surface area contributed by atoms with Crippen molar-refractivity contribution in [1.82, 2.24) is 0 Å². The second kappa shape index (κ2) is 8.58. The molecular weight excluding hydrogens is 476 g/mol. The van der Waals surface area contributed by atoms with Gasteiger partial charge in [0.15, 0.2) is 0 Å². The molecule has 1 aliphatic carbocycles. The second-order valence-electron chi connectivity index (χ2n) is 8.75. The first-order chi connectivity index (χ1) is 14.7. The van der Waals surface area contributed by atoms with E-state index in [1.54, 1.807) is 11.0 Å². The van der Waals surface area contributed by atoms with Crippen LogP contribution < -0.4 is 9.21 Å². The third kappa shape index (κ3) is 4.27. The summed E-state index contributed by atoms with van der Waals surface area (Å²) in [6.07, 6.45) is 3.31. The van der Waals surface area contributed by atoms with Crippen molar-refractivity contribution < 1.29 is 13.2 Å². The van der Waals surface area contributed by atoms with E-state index in [2.05, 4.69) is 29.8 Å². The zero-order valence-electron chi connectivity index (χ0n) is 18.3. The van der Waals surface area contributed by atoms with Gasteiger partial charge in [-0.2, -0.15) is 0 Å². The predicted molar refractivity (Wildman–Crippen MR) is 128 cm³/mol. The molecule has 2 aromatic carbocycles. The Hall–Kier alpha value is -1.86. The van der Waals surface area contributed by atoms with Gasteiger partial charge in [0.05, 0.1) is 5.69 Å². The van der Waals surface area contributed by atoms with Crippen molar-refractivity contribution in [2.45, 2.75) is 57.3 Å². The Morgan fingerprint density at radius 1 is 1.19 bits per heavy atom. The van der Waals surface area contributed by atoms with Crippen LogP contribution in [0.5, 0.6) is 0 Å². The molecule has 1 aliphatic heterocycles. The summed E-state index contributed by atoms with van der Waals surface area (Å²) < 4.78 is 29.6. The van der Waals surface area contributed by atoms with Crippen molar-refractivity contribution in [3.05, 3.63) is 52.0 Å². The van der Waals surface area contributed by atoms with E-state index in [9.17, 15) is 13.2 Å². The Labute approximate surface area is 193 Å². The Bertz CT molecular complexity index is 1090. The van der Waals surface area contributed by atoms with E-state index in [1.165, 1.54) is 9.87 Å². The minimum absolute atomic E-state index is 0.103. The molecule has 2 aliphatic rings. The Balaban J connectivity index is 1.74. The molecule has 7 heteroatoms. The quantitative estimate of drug-likeness (QED) is 0.501. The van der Waals surface area contributed by atoms with Gasteiger partial charge in [0.1, 0.15) is 4.90 Å². The molecule has 0 bridgehead atoms. The zero-order valence-corrected chi connectivity index (χ0v) is 20.7. The SMILES string of the molecule is CCCN(c1ccc(C(C)C)cc1)S(=O)(=O)c1cc2c(cc1Br)CCN2C(=O)C1CC1. The average molecular weight is 505 g/mol. The van der Waals surface area contributed by atoms with Crippen LogP contribution in [0.1, 0.15) is 57.1 Å². The lowest BCUT2D eigenvalue weighted by molar-refractivity contribution is -0.119. The summed E-state index contributed by atoms with van der Waals surface area (Å²) in [4.78, 5) is 14.7. The Morgan fingerprint density at radius 2 is 1.87 bits per heavy atom. The van der Waals surface area contributed by atoms with Crippen LogP contribution in [-0.2, 0) is 21.2 Å². The summed E-state index contributed by atoms with van der Waals surface area (Å²) in [6, 6.07) is 11.3. The van der Waals surface area contributed by atoms with Gasteiger partial charge in [-0.3, -0.25) is 9.10 Å². The number of hydrogen-bond acceptors (Lipinski definition) is 3. The Morgan fingerprint density at radius 3 is 2.45 bits per heavy atom. The standard InChI is InChI=1S/C24H29BrN2O3S/c1-4-12-27(20-9-7-17(8-10-20)16(2)3)31(29,30)23-15-22-19(14-21(23)25)11-13-26(22)24(28)18-5-6-18/h7-10,14-16,18H,4-6,11-13H2,1-3H3. The molecule has 2 aromatic rings. The number of sulfonamides is 1. The van der Waals surface area contributed by atoms with Crippen LogP contribution >= 0.6 is 15.9 Å². The molecule has 4 rings (SSSR count). The smallest absolute Gasteiger partial charge is 0.265 e. The summed E-state index contributed by atoms with van der Waals surface area (Å²) >= 11 is 3.50. The van der Waals surface area contributed by atoms with E-state index < -0.39 is 10.0 Å². The van der Waals surface area contributed by atoms with Crippen LogP contribution in [0.25, 0.3) is 0 Å². The highest BCUT2D eigenvalue weighted by molar-refractivity contribution is 9.10. The highest BCUT2D eigenvalue weighted by Crippen LogP contribution is 2.40. The van der Waals surface area contributed by atoms with Gasteiger partial charge in [0, 0.05) is 29.2 Å². The van der Waals surface area contributed by atoms with Gasteiger partial charge in [-0.25, -0.2) is 8.42 Å². The molecule has 31 heavy (non-hydrogen) atoms. The minimum atomic E-state index is -3.81. The zero-order chi connectivity index (χ0) is 22.3.